The molecule has 1 aliphatic rings. The van der Waals surface area contributed by atoms with Gasteiger partial charge in [0.2, 0.25) is 5.91 Å². The van der Waals surface area contributed by atoms with Crippen molar-refractivity contribution in [1.82, 2.24) is 4.90 Å². The Bertz CT molecular complexity index is 202. The lowest BCUT2D eigenvalue weighted by atomic mass is 10.2. The van der Waals surface area contributed by atoms with Crippen molar-refractivity contribution in [2.75, 3.05) is 6.54 Å². The van der Waals surface area contributed by atoms with E-state index in [9.17, 15) is 9.59 Å². The number of likely N-dealkylation sites (tertiary alicyclic amines) is 1. The number of rotatable bonds is 1. The normalized spacial score (nSPS) is 28.4. The Morgan fingerprint density at radius 1 is 1.75 bits per heavy atom. The Morgan fingerprint density at radius 2 is 2.33 bits per heavy atom. The molecule has 0 aliphatic carbocycles. The van der Waals surface area contributed by atoms with Crippen LogP contribution < -0.4 is 0 Å². The highest BCUT2D eigenvalue weighted by molar-refractivity contribution is 7.44. The van der Waals surface area contributed by atoms with Crippen LogP contribution in [0, 0.1) is 0 Å². The maximum absolute atomic E-state index is 10.8. The van der Waals surface area contributed by atoms with Crippen LogP contribution in [0.4, 0.5) is 0 Å². The minimum Gasteiger partial charge on any atom is -0.333 e. The minimum atomic E-state index is -0.352. The number of carbonyl (C=O) groups excluding carboxylic acids is 2. The fourth-order valence-corrected chi connectivity index (χ4v) is 1.14. The van der Waals surface area contributed by atoms with Gasteiger partial charge in [-0.15, -0.1) is 0 Å². The molecule has 0 aromatic rings. The Morgan fingerprint density at radius 3 is 2.67 bits per heavy atom. The highest BCUT2D eigenvalue weighted by Gasteiger charge is 2.25. The van der Waals surface area contributed by atoms with Crippen molar-refractivity contribution >= 4 is 24.7 Å². The van der Waals surface area contributed by atoms with Crippen molar-refractivity contribution in [2.24, 2.45) is 0 Å². The molecule has 1 rings (SSSR count). The summed E-state index contributed by atoms with van der Waals surface area (Å²) >= 11 is 2.83. The van der Waals surface area contributed by atoms with Crippen molar-refractivity contribution in [1.29, 1.82) is 0 Å². The van der Waals surface area contributed by atoms with E-state index in [0.29, 0.717) is 13.0 Å². The molecule has 0 spiro atoms. The second kappa shape index (κ2) is 5.77. The van der Waals surface area contributed by atoms with E-state index in [-0.39, 0.29) is 18.3 Å². The first-order valence-corrected chi connectivity index (χ1v) is 3.80. The summed E-state index contributed by atoms with van der Waals surface area (Å²) < 4.78 is 15.2. The lowest BCUT2D eigenvalue weighted by Gasteiger charge is -2.17. The molecule has 1 amide bonds. The number of carbonyl (C=O) groups is 2. The second-order valence-electron chi connectivity index (χ2n) is 2.40. The van der Waals surface area contributed by atoms with E-state index in [1.54, 1.807) is 0 Å². The Labute approximate surface area is 77.9 Å². The third-order valence-electron chi connectivity index (χ3n) is 1.70. The Hall–Kier alpha value is -0.840. The smallest absolute Gasteiger partial charge is 0.220 e. The lowest BCUT2D eigenvalue weighted by Crippen LogP contribution is -2.34. The molecule has 2 atom stereocenters. The van der Waals surface area contributed by atoms with E-state index in [2.05, 4.69) is 12.5 Å². The second-order valence-corrected chi connectivity index (χ2v) is 2.40. The number of hydrogen-bond donors (Lipinski definition) is 0. The SMILES string of the molecule is O=S.[3H][C@@H]1C[C@@H](C=O)N(C(C)=O)C1. The minimum absolute atomic E-state index is 0.114. The topological polar surface area (TPSA) is 54.5 Å². The van der Waals surface area contributed by atoms with Gasteiger partial charge in [-0.2, -0.15) is 4.21 Å². The van der Waals surface area contributed by atoms with Crippen molar-refractivity contribution in [3.05, 3.63) is 0 Å². The third kappa shape index (κ3) is 2.65. The van der Waals surface area contributed by atoms with Gasteiger partial charge in [-0.25, -0.2) is 0 Å². The van der Waals surface area contributed by atoms with Crippen molar-refractivity contribution in [3.8, 4) is 0 Å². The molecule has 0 radical (unpaired) electrons. The number of aldehydes is 1. The average Bonchev–Trinajstić information content (AvgIpc) is 2.50. The molecule has 68 valence electrons. The number of nitrogens with zero attached hydrogens (tertiary/aromatic N) is 1. The Kier molecular flexibility index (Phi) is 4.44. The summed E-state index contributed by atoms with van der Waals surface area (Å²) in [6.45, 7) is 1.83. The van der Waals surface area contributed by atoms with E-state index in [0.717, 1.165) is 6.29 Å². The highest BCUT2D eigenvalue weighted by Crippen LogP contribution is 2.14. The Balaban J connectivity index is 0.000000671. The predicted molar refractivity (Wildman–Crippen MR) is 44.6 cm³/mol. The lowest BCUT2D eigenvalue weighted by molar-refractivity contribution is -0.132. The summed E-state index contributed by atoms with van der Waals surface area (Å²) in [5, 5.41) is 0. The van der Waals surface area contributed by atoms with Crippen molar-refractivity contribution in [3.63, 3.8) is 0 Å². The van der Waals surface area contributed by atoms with E-state index < -0.39 is 0 Å². The molecule has 0 unspecified atom stereocenters. The quantitative estimate of drug-likeness (QED) is 0.541. The van der Waals surface area contributed by atoms with E-state index in [1.807, 2.05) is 0 Å². The standard InChI is InChI=1S/C7H11NO2.OS/c1-6(10)8-4-2-3-7(8)5-9;1-2/h5,7H,2-4H2,1H3;/t7-;/m0./s1/i2T;/t2-,7+;/m1.. The summed E-state index contributed by atoms with van der Waals surface area (Å²) in [5.74, 6) is -0.114. The van der Waals surface area contributed by atoms with Crippen LogP contribution in [0.5, 0.6) is 0 Å². The van der Waals surface area contributed by atoms with Crippen LogP contribution in [-0.2, 0) is 22.1 Å². The molecule has 0 N–H and O–H groups in total. The van der Waals surface area contributed by atoms with Crippen molar-refractivity contribution in [2.45, 2.75) is 25.8 Å². The molecule has 0 aromatic carbocycles. The molecule has 12 heavy (non-hydrogen) atoms. The third-order valence-corrected chi connectivity index (χ3v) is 1.70. The van der Waals surface area contributed by atoms with Gasteiger partial charge in [-0.05, 0) is 12.8 Å². The van der Waals surface area contributed by atoms with Gasteiger partial charge in [0.15, 0.2) is 12.5 Å². The molecular weight excluding hydrogens is 178 g/mol. The van der Waals surface area contributed by atoms with Crippen LogP contribution in [0.15, 0.2) is 0 Å². The zero-order valence-electron chi connectivity index (χ0n) is 7.73. The molecule has 5 heteroatoms. The van der Waals surface area contributed by atoms with Gasteiger partial charge < -0.3 is 9.69 Å². The predicted octanol–water partition coefficient (Wildman–Crippen LogP) is -0.140. The monoisotopic (exact) mass is 191 g/mol. The first-order valence-electron chi connectivity index (χ1n) is 4.04. The summed E-state index contributed by atoms with van der Waals surface area (Å²) in [6.07, 6.45) is 0.952. The van der Waals surface area contributed by atoms with Crippen LogP contribution in [0.2, 0.25) is 0 Å². The van der Waals surface area contributed by atoms with Gasteiger partial charge in [0.1, 0.15) is 6.29 Å². The first-order chi connectivity index (χ1) is 6.15. The van der Waals surface area contributed by atoms with Crippen LogP contribution in [0.3, 0.4) is 0 Å². The first kappa shape index (κ1) is 9.25. The van der Waals surface area contributed by atoms with E-state index in [1.165, 1.54) is 11.8 Å². The number of hydrogen-bond acceptors (Lipinski definition) is 4. The van der Waals surface area contributed by atoms with E-state index >= 15 is 0 Å². The van der Waals surface area contributed by atoms with Crippen LogP contribution in [0.1, 0.15) is 21.1 Å². The molecule has 1 heterocycles. The summed E-state index contributed by atoms with van der Waals surface area (Å²) in [6, 6.07) is -0.352. The largest absolute Gasteiger partial charge is 0.333 e. The fraction of sp³-hybridized carbons (Fsp3) is 0.714. The molecule has 0 aromatic heterocycles. The maximum atomic E-state index is 10.8. The van der Waals surface area contributed by atoms with Gasteiger partial charge in [-0.3, -0.25) is 4.79 Å². The van der Waals surface area contributed by atoms with Crippen molar-refractivity contribution < 1.29 is 15.2 Å². The van der Waals surface area contributed by atoms with Crippen LogP contribution >= 0.6 is 0 Å². The van der Waals surface area contributed by atoms with Crippen LogP contribution in [-0.4, -0.2) is 33.9 Å². The molecule has 0 saturated carbocycles. The molecular formula is C7H11NO3S. The van der Waals surface area contributed by atoms with Gasteiger partial charge in [0.05, 0.1) is 6.04 Å². The van der Waals surface area contributed by atoms with Gasteiger partial charge in [-0.1, -0.05) is 0 Å². The molecule has 1 saturated heterocycles. The average molecular weight is 191 g/mol. The highest BCUT2D eigenvalue weighted by atomic mass is 32.1. The number of amides is 1. The van der Waals surface area contributed by atoms with Gasteiger partial charge in [0, 0.05) is 14.8 Å². The molecule has 4 nitrogen and oxygen atoms in total. The molecule has 1 aliphatic heterocycles. The van der Waals surface area contributed by atoms with Gasteiger partial charge >= 0.3 is 0 Å². The zero-order chi connectivity index (χ0) is 10.4. The van der Waals surface area contributed by atoms with Crippen LogP contribution in [0.25, 0.3) is 0 Å². The maximum Gasteiger partial charge on any atom is 0.220 e. The van der Waals surface area contributed by atoms with Gasteiger partial charge in [0.25, 0.3) is 0 Å². The summed E-state index contributed by atoms with van der Waals surface area (Å²) in [5.41, 5.74) is 0. The fourth-order valence-electron chi connectivity index (χ4n) is 1.14. The zero-order valence-corrected chi connectivity index (χ0v) is 7.54. The van der Waals surface area contributed by atoms with E-state index in [4.69, 9.17) is 5.58 Å². The summed E-state index contributed by atoms with van der Waals surface area (Å²) in [4.78, 5) is 22.7. The molecule has 0 bridgehead atoms. The molecule has 1 fully saturated rings. The summed E-state index contributed by atoms with van der Waals surface area (Å²) in [7, 11) is 0.